The van der Waals surface area contributed by atoms with Gasteiger partial charge >= 0.3 is 0 Å². The van der Waals surface area contributed by atoms with Crippen LogP contribution in [0.2, 0.25) is 0 Å². The van der Waals surface area contributed by atoms with Crippen LogP contribution in [0, 0.1) is 6.92 Å². The summed E-state index contributed by atoms with van der Waals surface area (Å²) in [6, 6.07) is 19.5. The van der Waals surface area contributed by atoms with E-state index in [9.17, 15) is 4.79 Å². The first-order chi connectivity index (χ1) is 9.70. The molecule has 0 spiro atoms. The molecule has 0 atom stereocenters. The number of para-hydroxylation sites is 1. The molecule has 3 heteroatoms. The van der Waals surface area contributed by atoms with Crippen molar-refractivity contribution < 1.29 is 0 Å². The highest BCUT2D eigenvalue weighted by molar-refractivity contribution is 5.65. The molecule has 0 saturated heterocycles. The van der Waals surface area contributed by atoms with Gasteiger partial charge in [-0.2, -0.15) is 0 Å². The maximum Gasteiger partial charge on any atom is 0.279 e. The molecule has 3 aromatic rings. The molecule has 0 unspecified atom stereocenters. The molecule has 3 rings (SSSR count). The summed E-state index contributed by atoms with van der Waals surface area (Å²) in [6.45, 7) is 1.98. The van der Waals surface area contributed by atoms with Gasteiger partial charge in [-0.05, 0) is 24.6 Å². The van der Waals surface area contributed by atoms with E-state index in [4.69, 9.17) is 0 Å². The summed E-state index contributed by atoms with van der Waals surface area (Å²) in [5.74, 6) is 0. The monoisotopic (exact) mass is 264 g/mol. The minimum atomic E-state index is 0.0161. The van der Waals surface area contributed by atoms with E-state index in [0.717, 1.165) is 22.5 Å². The van der Waals surface area contributed by atoms with Gasteiger partial charge in [-0.15, -0.1) is 0 Å². The van der Waals surface area contributed by atoms with Crippen LogP contribution >= 0.6 is 0 Å². The Morgan fingerprint density at radius 3 is 2.00 bits per heavy atom. The van der Waals surface area contributed by atoms with Gasteiger partial charge in [-0.25, -0.2) is 4.68 Å². The lowest BCUT2D eigenvalue weighted by molar-refractivity contribution is 0.630. The molecule has 100 valence electrons. The SMILES string of the molecule is Cc1c(-c2ccccc2)c(=O)n(-c2ccccc2)n1C. The minimum Gasteiger partial charge on any atom is -0.285 e. The maximum atomic E-state index is 12.8. The lowest BCUT2D eigenvalue weighted by Gasteiger charge is -2.07. The second kappa shape index (κ2) is 4.85. The third-order valence-corrected chi connectivity index (χ3v) is 3.62. The van der Waals surface area contributed by atoms with E-state index in [2.05, 4.69) is 0 Å². The quantitative estimate of drug-likeness (QED) is 0.698. The molecule has 20 heavy (non-hydrogen) atoms. The van der Waals surface area contributed by atoms with Gasteiger partial charge in [0, 0.05) is 12.7 Å². The van der Waals surface area contributed by atoms with Gasteiger partial charge in [-0.1, -0.05) is 48.5 Å². The average molecular weight is 264 g/mol. The molecule has 1 aromatic heterocycles. The van der Waals surface area contributed by atoms with Crippen LogP contribution in [0.1, 0.15) is 5.69 Å². The summed E-state index contributed by atoms with van der Waals surface area (Å²) in [4.78, 5) is 12.8. The molecule has 0 amide bonds. The Balaban J connectivity index is 2.29. The predicted octanol–water partition coefficient (Wildman–Crippen LogP) is 3.15. The van der Waals surface area contributed by atoms with Gasteiger partial charge in [0.1, 0.15) is 0 Å². The zero-order valence-corrected chi connectivity index (χ0v) is 11.6. The third-order valence-electron chi connectivity index (χ3n) is 3.62. The molecule has 2 aromatic carbocycles. The van der Waals surface area contributed by atoms with Crippen LogP contribution in [0.4, 0.5) is 0 Å². The highest BCUT2D eigenvalue weighted by Gasteiger charge is 2.16. The van der Waals surface area contributed by atoms with Crippen molar-refractivity contribution in [3.05, 3.63) is 76.7 Å². The molecule has 0 aliphatic heterocycles. The van der Waals surface area contributed by atoms with Gasteiger partial charge in [0.25, 0.3) is 5.56 Å². The molecule has 0 fully saturated rings. The van der Waals surface area contributed by atoms with Gasteiger partial charge in [0.15, 0.2) is 0 Å². The fourth-order valence-electron chi connectivity index (χ4n) is 2.51. The number of benzene rings is 2. The second-order valence-corrected chi connectivity index (χ2v) is 4.80. The summed E-state index contributed by atoms with van der Waals surface area (Å²) in [6.07, 6.45) is 0. The molecule has 1 heterocycles. The number of hydrogen-bond acceptors (Lipinski definition) is 1. The number of aromatic nitrogens is 2. The molecule has 0 aliphatic rings. The first-order valence-corrected chi connectivity index (χ1v) is 6.59. The third kappa shape index (κ3) is 1.88. The minimum absolute atomic E-state index is 0.0161. The van der Waals surface area contributed by atoms with E-state index in [0.29, 0.717) is 0 Å². The second-order valence-electron chi connectivity index (χ2n) is 4.80. The van der Waals surface area contributed by atoms with E-state index < -0.39 is 0 Å². The van der Waals surface area contributed by atoms with Crippen LogP contribution < -0.4 is 5.56 Å². The standard InChI is InChI=1S/C17H16N2O/c1-13-16(14-9-5-3-6-10-14)17(20)19(18(13)2)15-11-7-4-8-12-15/h3-12H,1-2H3. The normalized spacial score (nSPS) is 10.7. The molecule has 3 nitrogen and oxygen atoms in total. The van der Waals surface area contributed by atoms with Crippen LogP contribution in [0.25, 0.3) is 16.8 Å². The Bertz CT molecular complexity index is 717. The Morgan fingerprint density at radius 1 is 0.850 bits per heavy atom. The Hall–Kier alpha value is -2.55. The fourth-order valence-corrected chi connectivity index (χ4v) is 2.51. The van der Waals surface area contributed by atoms with Crippen molar-refractivity contribution in [2.75, 3.05) is 0 Å². The molecular weight excluding hydrogens is 248 g/mol. The van der Waals surface area contributed by atoms with Crippen molar-refractivity contribution in [3.63, 3.8) is 0 Å². The molecule has 0 aliphatic carbocycles. The van der Waals surface area contributed by atoms with Crippen LogP contribution in [0.3, 0.4) is 0 Å². The summed E-state index contributed by atoms with van der Waals surface area (Å²) >= 11 is 0. The highest BCUT2D eigenvalue weighted by Crippen LogP contribution is 2.20. The van der Waals surface area contributed by atoms with Gasteiger partial charge in [0.05, 0.1) is 11.3 Å². The number of rotatable bonds is 2. The van der Waals surface area contributed by atoms with Crippen molar-refractivity contribution in [3.8, 4) is 16.8 Å². The average Bonchev–Trinajstić information content (AvgIpc) is 2.71. The Kier molecular flexibility index (Phi) is 3.03. The smallest absolute Gasteiger partial charge is 0.279 e. The summed E-state index contributed by atoms with van der Waals surface area (Å²) in [7, 11) is 1.91. The van der Waals surface area contributed by atoms with Crippen LogP contribution in [0.15, 0.2) is 65.5 Å². The van der Waals surface area contributed by atoms with E-state index in [1.807, 2.05) is 79.3 Å². The first-order valence-electron chi connectivity index (χ1n) is 6.59. The number of hydrogen-bond donors (Lipinski definition) is 0. The van der Waals surface area contributed by atoms with E-state index in [1.165, 1.54) is 0 Å². The van der Waals surface area contributed by atoms with Crippen LogP contribution in [0.5, 0.6) is 0 Å². The van der Waals surface area contributed by atoms with E-state index in [-0.39, 0.29) is 5.56 Å². The lowest BCUT2D eigenvalue weighted by atomic mass is 10.1. The van der Waals surface area contributed by atoms with Crippen molar-refractivity contribution in [1.82, 2.24) is 9.36 Å². The van der Waals surface area contributed by atoms with Crippen LogP contribution in [-0.2, 0) is 7.05 Å². The molecular formula is C17H16N2O. The zero-order chi connectivity index (χ0) is 14.1. The largest absolute Gasteiger partial charge is 0.285 e. The number of nitrogens with zero attached hydrogens (tertiary/aromatic N) is 2. The summed E-state index contributed by atoms with van der Waals surface area (Å²) < 4.78 is 3.61. The zero-order valence-electron chi connectivity index (χ0n) is 11.6. The van der Waals surface area contributed by atoms with Crippen LogP contribution in [-0.4, -0.2) is 9.36 Å². The molecule has 0 bridgehead atoms. The lowest BCUT2D eigenvalue weighted by Crippen LogP contribution is -2.20. The van der Waals surface area contributed by atoms with E-state index >= 15 is 0 Å². The van der Waals surface area contributed by atoms with Crippen molar-refractivity contribution in [2.45, 2.75) is 6.92 Å². The van der Waals surface area contributed by atoms with Gasteiger partial charge < -0.3 is 0 Å². The predicted molar refractivity (Wildman–Crippen MR) is 81.2 cm³/mol. The van der Waals surface area contributed by atoms with Crippen molar-refractivity contribution in [2.24, 2.45) is 7.05 Å². The maximum absolute atomic E-state index is 12.8. The summed E-state index contributed by atoms with van der Waals surface area (Å²) in [5, 5.41) is 0. The first kappa shape index (κ1) is 12.5. The van der Waals surface area contributed by atoms with Crippen molar-refractivity contribution in [1.29, 1.82) is 0 Å². The topological polar surface area (TPSA) is 26.9 Å². The van der Waals surface area contributed by atoms with E-state index in [1.54, 1.807) is 4.68 Å². The fraction of sp³-hybridized carbons (Fsp3) is 0.118. The summed E-state index contributed by atoms with van der Waals surface area (Å²) in [5.41, 5.74) is 3.58. The molecule has 0 radical (unpaired) electrons. The van der Waals surface area contributed by atoms with Gasteiger partial charge in [-0.3, -0.25) is 9.48 Å². The molecule has 0 N–H and O–H groups in total. The Morgan fingerprint density at radius 2 is 1.40 bits per heavy atom. The van der Waals surface area contributed by atoms with Gasteiger partial charge in [0.2, 0.25) is 0 Å². The Labute approximate surface area is 117 Å². The molecule has 0 saturated carbocycles. The highest BCUT2D eigenvalue weighted by atomic mass is 16.1. The van der Waals surface area contributed by atoms with Crippen molar-refractivity contribution >= 4 is 0 Å².